The van der Waals surface area contributed by atoms with Crippen LogP contribution >= 0.6 is 0 Å². The Kier molecular flexibility index (Phi) is 2.37. The molecule has 0 aliphatic carbocycles. The molecule has 0 fully saturated rings. The maximum absolute atomic E-state index is 11.1. The summed E-state index contributed by atoms with van der Waals surface area (Å²) in [4.78, 5) is 21.4. The molecular weight excluding hydrogens is 212 g/mol. The van der Waals surface area contributed by atoms with Gasteiger partial charge in [-0.05, 0) is 18.8 Å². The second-order valence-electron chi connectivity index (χ2n) is 4.09. The van der Waals surface area contributed by atoms with Crippen molar-refractivity contribution >= 4 is 11.6 Å². The maximum Gasteiger partial charge on any atom is 0.323 e. The lowest BCUT2D eigenvalue weighted by atomic mass is 9.97. The van der Waals surface area contributed by atoms with Gasteiger partial charge in [0.25, 0.3) is 5.91 Å². The van der Waals surface area contributed by atoms with Crippen LogP contribution in [0.15, 0.2) is 0 Å². The van der Waals surface area contributed by atoms with Crippen LogP contribution in [0.5, 0.6) is 0 Å². The Morgan fingerprint density at radius 1 is 1.69 bits per heavy atom. The van der Waals surface area contributed by atoms with Crippen LogP contribution in [-0.2, 0) is 13.0 Å². The van der Waals surface area contributed by atoms with E-state index in [2.05, 4.69) is 5.10 Å². The molecule has 0 spiro atoms. The minimum absolute atomic E-state index is 0.223. The Hall–Kier alpha value is -1.92. The Labute approximate surface area is 91.4 Å². The largest absolute Gasteiger partial charge is 0.364 e. The number of rotatable bonds is 2. The highest BCUT2D eigenvalue weighted by molar-refractivity contribution is 5.95. The molecular formula is C9H12N4O3. The third-order valence-corrected chi connectivity index (χ3v) is 2.82. The van der Waals surface area contributed by atoms with Crippen molar-refractivity contribution in [2.24, 2.45) is 11.7 Å². The van der Waals surface area contributed by atoms with Crippen LogP contribution in [0, 0.1) is 16.0 Å². The lowest BCUT2D eigenvalue weighted by Crippen LogP contribution is -2.18. The Morgan fingerprint density at radius 2 is 2.38 bits per heavy atom. The van der Waals surface area contributed by atoms with Crippen LogP contribution in [0.25, 0.3) is 0 Å². The smallest absolute Gasteiger partial charge is 0.323 e. The van der Waals surface area contributed by atoms with Crippen molar-refractivity contribution in [3.8, 4) is 0 Å². The fourth-order valence-corrected chi connectivity index (χ4v) is 2.01. The molecule has 0 saturated carbocycles. The SMILES string of the molecule is CC1CCn2nc(C(N)=O)c([N+](=O)[O-])c2C1. The third-order valence-electron chi connectivity index (χ3n) is 2.82. The lowest BCUT2D eigenvalue weighted by Gasteiger charge is -2.18. The molecule has 1 aliphatic heterocycles. The number of carbonyl (C=O) groups excluding carboxylic acids is 1. The molecule has 0 saturated heterocycles. The summed E-state index contributed by atoms with van der Waals surface area (Å²) in [6, 6.07) is 0. The number of amides is 1. The normalized spacial score (nSPS) is 19.2. The van der Waals surface area contributed by atoms with Crippen LogP contribution < -0.4 is 5.73 Å². The number of nitrogens with zero attached hydrogens (tertiary/aromatic N) is 3. The molecule has 1 aromatic heterocycles. The standard InChI is InChI=1S/C9H12N4O3/c1-5-2-3-12-6(4-5)8(13(15)16)7(11-12)9(10)14/h5H,2-4H2,1H3,(H2,10,14). The van der Waals surface area contributed by atoms with Gasteiger partial charge in [0.2, 0.25) is 5.69 Å². The summed E-state index contributed by atoms with van der Waals surface area (Å²) in [7, 11) is 0. The Morgan fingerprint density at radius 3 is 2.94 bits per heavy atom. The van der Waals surface area contributed by atoms with Gasteiger partial charge in [-0.1, -0.05) is 6.92 Å². The van der Waals surface area contributed by atoms with Gasteiger partial charge in [0.15, 0.2) is 0 Å². The van der Waals surface area contributed by atoms with E-state index in [9.17, 15) is 14.9 Å². The molecule has 1 atom stereocenters. The number of aromatic nitrogens is 2. The van der Waals surface area contributed by atoms with Gasteiger partial charge in [0, 0.05) is 6.54 Å². The summed E-state index contributed by atoms with van der Waals surface area (Å²) < 4.78 is 1.53. The third kappa shape index (κ3) is 1.54. The van der Waals surface area contributed by atoms with Gasteiger partial charge >= 0.3 is 5.69 Å². The molecule has 0 bridgehead atoms. The van der Waals surface area contributed by atoms with E-state index < -0.39 is 10.8 Å². The quantitative estimate of drug-likeness (QED) is 0.582. The second-order valence-corrected chi connectivity index (χ2v) is 4.09. The van der Waals surface area contributed by atoms with E-state index in [0.29, 0.717) is 24.6 Å². The number of nitrogens with two attached hydrogens (primary N) is 1. The summed E-state index contributed by atoms with van der Waals surface area (Å²) >= 11 is 0. The first-order valence-corrected chi connectivity index (χ1v) is 5.04. The Balaban J connectivity index is 2.58. The van der Waals surface area contributed by atoms with Crippen LogP contribution in [0.1, 0.15) is 29.5 Å². The van der Waals surface area contributed by atoms with E-state index in [4.69, 9.17) is 5.73 Å². The first kappa shape index (κ1) is 10.6. The summed E-state index contributed by atoms with van der Waals surface area (Å²) in [6.07, 6.45) is 1.47. The first-order valence-electron chi connectivity index (χ1n) is 5.04. The number of fused-ring (bicyclic) bond motifs is 1. The monoisotopic (exact) mass is 224 g/mol. The molecule has 1 aliphatic rings. The first-order chi connectivity index (χ1) is 7.50. The highest BCUT2D eigenvalue weighted by Gasteiger charge is 2.33. The van der Waals surface area contributed by atoms with E-state index in [1.807, 2.05) is 6.92 Å². The zero-order chi connectivity index (χ0) is 11.9. The summed E-state index contributed by atoms with van der Waals surface area (Å²) in [5, 5.41) is 14.8. The molecule has 16 heavy (non-hydrogen) atoms. The van der Waals surface area contributed by atoms with Crippen LogP contribution in [0.3, 0.4) is 0 Å². The number of hydrogen-bond donors (Lipinski definition) is 1. The highest BCUT2D eigenvalue weighted by Crippen LogP contribution is 2.30. The van der Waals surface area contributed by atoms with Crippen molar-refractivity contribution < 1.29 is 9.72 Å². The van der Waals surface area contributed by atoms with Crippen molar-refractivity contribution in [3.05, 3.63) is 21.5 Å². The van der Waals surface area contributed by atoms with Crippen molar-refractivity contribution in [1.29, 1.82) is 0 Å². The molecule has 2 N–H and O–H groups in total. The molecule has 0 aromatic carbocycles. The minimum atomic E-state index is -0.846. The number of hydrogen-bond acceptors (Lipinski definition) is 4. The maximum atomic E-state index is 11.1. The number of nitro groups is 1. The van der Waals surface area contributed by atoms with Gasteiger partial charge in [-0.25, -0.2) is 0 Å². The van der Waals surface area contributed by atoms with E-state index in [1.54, 1.807) is 0 Å². The van der Waals surface area contributed by atoms with Gasteiger partial charge < -0.3 is 5.73 Å². The van der Waals surface area contributed by atoms with Crippen LogP contribution in [-0.4, -0.2) is 20.6 Å². The molecule has 2 heterocycles. The van der Waals surface area contributed by atoms with Crippen molar-refractivity contribution in [3.63, 3.8) is 0 Å². The number of carbonyl (C=O) groups is 1. The lowest BCUT2D eigenvalue weighted by molar-refractivity contribution is -0.386. The topological polar surface area (TPSA) is 104 Å². The fourth-order valence-electron chi connectivity index (χ4n) is 2.01. The van der Waals surface area contributed by atoms with Gasteiger partial charge in [0.1, 0.15) is 5.69 Å². The van der Waals surface area contributed by atoms with Crippen molar-refractivity contribution in [2.45, 2.75) is 26.3 Å². The van der Waals surface area contributed by atoms with Gasteiger partial charge in [-0.3, -0.25) is 19.6 Å². The van der Waals surface area contributed by atoms with Crippen molar-refractivity contribution in [1.82, 2.24) is 9.78 Å². The average molecular weight is 224 g/mol. The Bertz CT molecular complexity index is 466. The summed E-state index contributed by atoms with van der Waals surface area (Å²) in [5.74, 6) is -0.482. The van der Waals surface area contributed by atoms with Gasteiger partial charge in [0.05, 0.1) is 4.92 Å². The van der Waals surface area contributed by atoms with E-state index >= 15 is 0 Å². The molecule has 86 valence electrons. The van der Waals surface area contributed by atoms with Crippen LogP contribution in [0.4, 0.5) is 5.69 Å². The highest BCUT2D eigenvalue weighted by atomic mass is 16.6. The minimum Gasteiger partial charge on any atom is -0.364 e. The predicted octanol–water partition coefficient (Wildman–Crippen LogP) is 0.473. The molecule has 0 radical (unpaired) electrons. The number of primary amides is 1. The van der Waals surface area contributed by atoms with Crippen LogP contribution in [0.2, 0.25) is 0 Å². The van der Waals surface area contributed by atoms with E-state index in [1.165, 1.54) is 4.68 Å². The van der Waals surface area contributed by atoms with E-state index in [0.717, 1.165) is 6.42 Å². The molecule has 1 aromatic rings. The molecule has 1 amide bonds. The average Bonchev–Trinajstić information content (AvgIpc) is 2.55. The summed E-state index contributed by atoms with van der Waals surface area (Å²) in [6.45, 7) is 2.62. The zero-order valence-electron chi connectivity index (χ0n) is 8.84. The second kappa shape index (κ2) is 3.58. The van der Waals surface area contributed by atoms with Gasteiger partial charge in [-0.2, -0.15) is 5.10 Å². The zero-order valence-corrected chi connectivity index (χ0v) is 8.84. The number of aryl methyl sites for hydroxylation is 1. The van der Waals surface area contributed by atoms with E-state index in [-0.39, 0.29) is 11.4 Å². The predicted molar refractivity (Wildman–Crippen MR) is 54.9 cm³/mol. The molecule has 7 heteroatoms. The molecule has 7 nitrogen and oxygen atoms in total. The fraction of sp³-hybridized carbons (Fsp3) is 0.556. The summed E-state index contributed by atoms with van der Waals surface area (Å²) in [5.41, 5.74) is 5.14. The molecule has 1 unspecified atom stereocenters. The van der Waals surface area contributed by atoms with Gasteiger partial charge in [-0.15, -0.1) is 0 Å². The molecule has 2 rings (SSSR count). The van der Waals surface area contributed by atoms with Crippen molar-refractivity contribution in [2.75, 3.05) is 0 Å².